The molecule has 2 N–H and O–H groups in total. The summed E-state index contributed by atoms with van der Waals surface area (Å²) in [5.74, 6) is 0. The first-order valence-corrected chi connectivity index (χ1v) is 5.55. The number of imidazole rings is 1. The van der Waals surface area contributed by atoms with Gasteiger partial charge in [-0.3, -0.25) is 0 Å². The summed E-state index contributed by atoms with van der Waals surface area (Å²) in [6, 6.07) is 8.42. The molecule has 0 saturated carbocycles. The Morgan fingerprint density at radius 1 is 1.31 bits per heavy atom. The normalized spacial score (nSPS) is 10.6. The average Bonchev–Trinajstić information content (AvgIpc) is 2.70. The molecule has 0 fully saturated rings. The number of aromatic nitrogens is 2. The molecule has 84 valence electrons. The Labute approximate surface area is 95.9 Å². The minimum Gasteiger partial charge on any atom is -0.330 e. The molecule has 0 bridgehead atoms. The Balaban J connectivity index is 2.20. The lowest BCUT2D eigenvalue weighted by molar-refractivity contribution is 0.730. The second-order valence-corrected chi connectivity index (χ2v) is 3.98. The van der Waals surface area contributed by atoms with Crippen LogP contribution in [0.4, 0.5) is 0 Å². The predicted molar refractivity (Wildman–Crippen MR) is 65.3 cm³/mol. The van der Waals surface area contributed by atoms with Crippen LogP contribution in [0, 0.1) is 6.92 Å². The van der Waals surface area contributed by atoms with Crippen molar-refractivity contribution >= 4 is 0 Å². The van der Waals surface area contributed by atoms with E-state index in [1.54, 1.807) is 0 Å². The highest BCUT2D eigenvalue weighted by Gasteiger charge is 2.03. The molecular weight excluding hydrogens is 198 g/mol. The first-order valence-electron chi connectivity index (χ1n) is 5.55. The molecule has 2 rings (SSSR count). The fraction of sp³-hybridized carbons (Fsp3) is 0.308. The summed E-state index contributed by atoms with van der Waals surface area (Å²) < 4.78 is 2.16. The van der Waals surface area contributed by atoms with Crippen molar-refractivity contribution in [3.05, 3.63) is 53.6 Å². The lowest BCUT2D eigenvalue weighted by Crippen LogP contribution is -2.09. The van der Waals surface area contributed by atoms with Gasteiger partial charge in [-0.1, -0.05) is 24.3 Å². The maximum atomic E-state index is 5.57. The molecule has 1 heterocycles. The minimum atomic E-state index is 0.666. The third-order valence-electron chi connectivity index (χ3n) is 2.80. The van der Waals surface area contributed by atoms with Crippen LogP contribution >= 0.6 is 0 Å². The molecule has 1 aromatic carbocycles. The van der Waals surface area contributed by atoms with Gasteiger partial charge in [0.15, 0.2) is 0 Å². The van der Waals surface area contributed by atoms with Crippen molar-refractivity contribution in [2.75, 3.05) is 6.54 Å². The first-order chi connectivity index (χ1) is 7.81. The highest BCUT2D eigenvalue weighted by atomic mass is 15.0. The topological polar surface area (TPSA) is 43.8 Å². The molecule has 0 amide bonds. The molecule has 0 aliphatic rings. The van der Waals surface area contributed by atoms with Gasteiger partial charge in [0.1, 0.15) is 0 Å². The molecule has 0 spiro atoms. The van der Waals surface area contributed by atoms with Gasteiger partial charge in [-0.25, -0.2) is 4.98 Å². The van der Waals surface area contributed by atoms with E-state index in [2.05, 4.69) is 40.7 Å². The number of benzene rings is 1. The van der Waals surface area contributed by atoms with Crippen LogP contribution in [-0.4, -0.2) is 16.1 Å². The van der Waals surface area contributed by atoms with Crippen LogP contribution in [0.5, 0.6) is 0 Å². The lowest BCUT2D eigenvalue weighted by atomic mass is 10.1. The maximum Gasteiger partial charge on any atom is 0.0951 e. The largest absolute Gasteiger partial charge is 0.330 e. The maximum absolute atomic E-state index is 5.57. The smallest absolute Gasteiger partial charge is 0.0951 e. The molecular formula is C13H17N3. The van der Waals surface area contributed by atoms with E-state index in [4.69, 9.17) is 5.73 Å². The predicted octanol–water partition coefficient (Wildman–Crippen LogP) is 1.74. The van der Waals surface area contributed by atoms with E-state index in [9.17, 15) is 0 Å². The Kier molecular flexibility index (Phi) is 3.37. The van der Waals surface area contributed by atoms with E-state index in [0.29, 0.717) is 6.54 Å². The van der Waals surface area contributed by atoms with Gasteiger partial charge in [0.25, 0.3) is 0 Å². The lowest BCUT2D eigenvalue weighted by Gasteiger charge is -2.09. The zero-order valence-electron chi connectivity index (χ0n) is 9.56. The van der Waals surface area contributed by atoms with Crippen molar-refractivity contribution in [1.29, 1.82) is 0 Å². The summed E-state index contributed by atoms with van der Waals surface area (Å²) in [4.78, 5) is 4.17. The van der Waals surface area contributed by atoms with Crippen molar-refractivity contribution in [2.24, 2.45) is 5.73 Å². The van der Waals surface area contributed by atoms with E-state index in [0.717, 1.165) is 13.0 Å². The van der Waals surface area contributed by atoms with E-state index in [-0.39, 0.29) is 0 Å². The highest BCUT2D eigenvalue weighted by Crippen LogP contribution is 2.11. The molecule has 0 aliphatic heterocycles. The van der Waals surface area contributed by atoms with Crippen LogP contribution in [0.3, 0.4) is 0 Å². The summed E-state index contributed by atoms with van der Waals surface area (Å²) in [7, 11) is 0. The van der Waals surface area contributed by atoms with Crippen molar-refractivity contribution in [1.82, 2.24) is 9.55 Å². The molecule has 1 aromatic heterocycles. The van der Waals surface area contributed by atoms with Gasteiger partial charge in [0, 0.05) is 24.9 Å². The molecule has 16 heavy (non-hydrogen) atoms. The summed E-state index contributed by atoms with van der Waals surface area (Å²) >= 11 is 0. The van der Waals surface area contributed by atoms with Crippen LogP contribution < -0.4 is 5.73 Å². The van der Waals surface area contributed by atoms with Gasteiger partial charge < -0.3 is 10.3 Å². The molecule has 0 radical (unpaired) electrons. The first kappa shape index (κ1) is 10.9. The van der Waals surface area contributed by atoms with E-state index < -0.39 is 0 Å². The molecule has 0 unspecified atom stereocenters. The number of hydrogen-bond donors (Lipinski definition) is 1. The SMILES string of the molecule is Cc1ccccc1Cn1cncc1CCN. The van der Waals surface area contributed by atoms with Crippen molar-refractivity contribution < 1.29 is 0 Å². The van der Waals surface area contributed by atoms with E-state index >= 15 is 0 Å². The van der Waals surface area contributed by atoms with Crippen LogP contribution in [0.15, 0.2) is 36.8 Å². The zero-order chi connectivity index (χ0) is 11.4. The third-order valence-corrected chi connectivity index (χ3v) is 2.80. The van der Waals surface area contributed by atoms with E-state index in [1.807, 2.05) is 12.5 Å². The average molecular weight is 215 g/mol. The van der Waals surface area contributed by atoms with Gasteiger partial charge in [0.2, 0.25) is 0 Å². The summed E-state index contributed by atoms with van der Waals surface area (Å²) in [5, 5.41) is 0. The fourth-order valence-electron chi connectivity index (χ4n) is 1.82. The summed E-state index contributed by atoms with van der Waals surface area (Å²) in [6.45, 7) is 3.68. The van der Waals surface area contributed by atoms with Crippen LogP contribution in [0.25, 0.3) is 0 Å². The molecule has 3 heteroatoms. The Bertz CT molecular complexity index is 460. The second kappa shape index (κ2) is 4.94. The number of aryl methyl sites for hydroxylation is 1. The molecule has 0 aliphatic carbocycles. The van der Waals surface area contributed by atoms with Gasteiger partial charge >= 0.3 is 0 Å². The van der Waals surface area contributed by atoms with Crippen LogP contribution in [-0.2, 0) is 13.0 Å². The monoisotopic (exact) mass is 215 g/mol. The Morgan fingerprint density at radius 2 is 2.12 bits per heavy atom. The number of nitrogens with zero attached hydrogens (tertiary/aromatic N) is 2. The number of nitrogens with two attached hydrogens (primary N) is 1. The van der Waals surface area contributed by atoms with Gasteiger partial charge in [-0.15, -0.1) is 0 Å². The summed E-state index contributed by atoms with van der Waals surface area (Å²) in [5.41, 5.74) is 9.42. The molecule has 0 saturated heterocycles. The highest BCUT2D eigenvalue weighted by molar-refractivity contribution is 5.26. The number of rotatable bonds is 4. The van der Waals surface area contributed by atoms with Gasteiger partial charge in [-0.05, 0) is 24.6 Å². The van der Waals surface area contributed by atoms with Gasteiger partial charge in [-0.2, -0.15) is 0 Å². The van der Waals surface area contributed by atoms with Crippen molar-refractivity contribution in [3.8, 4) is 0 Å². The second-order valence-electron chi connectivity index (χ2n) is 3.98. The standard InChI is InChI=1S/C13H17N3/c1-11-4-2-3-5-12(11)9-16-10-15-8-13(16)6-7-14/h2-5,8,10H,6-7,9,14H2,1H3. The quantitative estimate of drug-likeness (QED) is 0.844. The van der Waals surface area contributed by atoms with E-state index in [1.165, 1.54) is 16.8 Å². The molecule has 3 nitrogen and oxygen atoms in total. The zero-order valence-corrected chi connectivity index (χ0v) is 9.56. The van der Waals surface area contributed by atoms with Crippen molar-refractivity contribution in [3.63, 3.8) is 0 Å². The molecule has 2 aromatic rings. The number of hydrogen-bond acceptors (Lipinski definition) is 2. The van der Waals surface area contributed by atoms with Crippen molar-refractivity contribution in [2.45, 2.75) is 19.9 Å². The third kappa shape index (κ3) is 2.31. The summed E-state index contributed by atoms with van der Waals surface area (Å²) in [6.07, 6.45) is 4.65. The molecule has 0 atom stereocenters. The van der Waals surface area contributed by atoms with Gasteiger partial charge in [0.05, 0.1) is 6.33 Å². The van der Waals surface area contributed by atoms with Crippen LogP contribution in [0.2, 0.25) is 0 Å². The Hall–Kier alpha value is -1.61. The van der Waals surface area contributed by atoms with Crippen LogP contribution in [0.1, 0.15) is 16.8 Å². The fourth-order valence-corrected chi connectivity index (χ4v) is 1.82. The minimum absolute atomic E-state index is 0.666. The Morgan fingerprint density at radius 3 is 2.88 bits per heavy atom.